The second-order valence-corrected chi connectivity index (χ2v) is 8.77. The van der Waals surface area contributed by atoms with Crippen LogP contribution in [0.2, 0.25) is 5.02 Å². The van der Waals surface area contributed by atoms with Crippen molar-refractivity contribution in [2.75, 3.05) is 28.3 Å². The standard InChI is InChI=1S/C18H18ClFN2O3S/c19-16-10-13(6-7-17(16)20)21-11-18(23)22(14-4-2-1-3-5-14)15-8-9-26(24,25)12-15/h1-7,10,15,21H,8-9,11-12H2/t15-/m0/s1. The maximum atomic E-state index is 13.2. The first-order valence-electron chi connectivity index (χ1n) is 8.12. The van der Waals surface area contributed by atoms with Crippen molar-refractivity contribution in [3.8, 4) is 0 Å². The van der Waals surface area contributed by atoms with Crippen molar-refractivity contribution in [1.29, 1.82) is 0 Å². The van der Waals surface area contributed by atoms with Crippen LogP contribution in [0.5, 0.6) is 0 Å². The molecule has 26 heavy (non-hydrogen) atoms. The molecule has 5 nitrogen and oxygen atoms in total. The summed E-state index contributed by atoms with van der Waals surface area (Å²) < 4.78 is 36.9. The highest BCUT2D eigenvalue weighted by atomic mass is 35.5. The number of sulfone groups is 1. The summed E-state index contributed by atoms with van der Waals surface area (Å²) in [6.07, 6.45) is 0.408. The van der Waals surface area contributed by atoms with Crippen LogP contribution in [-0.4, -0.2) is 38.4 Å². The number of carbonyl (C=O) groups is 1. The zero-order chi connectivity index (χ0) is 18.7. The number of hydrogen-bond donors (Lipinski definition) is 1. The van der Waals surface area contributed by atoms with Crippen molar-refractivity contribution < 1.29 is 17.6 Å². The van der Waals surface area contributed by atoms with Gasteiger partial charge >= 0.3 is 0 Å². The summed E-state index contributed by atoms with van der Waals surface area (Å²) >= 11 is 5.75. The molecule has 1 heterocycles. The Bertz CT molecular complexity index is 906. The summed E-state index contributed by atoms with van der Waals surface area (Å²) in [4.78, 5) is 14.4. The van der Waals surface area contributed by atoms with E-state index in [9.17, 15) is 17.6 Å². The topological polar surface area (TPSA) is 66.5 Å². The maximum absolute atomic E-state index is 13.2. The number of nitrogens with zero attached hydrogens (tertiary/aromatic N) is 1. The molecule has 138 valence electrons. The van der Waals surface area contributed by atoms with E-state index in [0.717, 1.165) is 0 Å². The molecule has 0 saturated carbocycles. The minimum Gasteiger partial charge on any atom is -0.376 e. The van der Waals surface area contributed by atoms with E-state index in [2.05, 4.69) is 5.32 Å². The Morgan fingerprint density at radius 2 is 1.96 bits per heavy atom. The lowest BCUT2D eigenvalue weighted by molar-refractivity contribution is -0.117. The highest BCUT2D eigenvalue weighted by molar-refractivity contribution is 7.91. The van der Waals surface area contributed by atoms with Crippen LogP contribution in [0, 0.1) is 5.82 Å². The van der Waals surface area contributed by atoms with Crippen LogP contribution in [0.25, 0.3) is 0 Å². The first-order valence-corrected chi connectivity index (χ1v) is 10.3. The number of nitrogens with one attached hydrogen (secondary N) is 1. The molecule has 2 aromatic carbocycles. The van der Waals surface area contributed by atoms with Gasteiger partial charge in [-0.1, -0.05) is 29.8 Å². The van der Waals surface area contributed by atoms with E-state index in [4.69, 9.17) is 11.6 Å². The van der Waals surface area contributed by atoms with E-state index in [1.807, 2.05) is 6.07 Å². The van der Waals surface area contributed by atoms with Crippen molar-refractivity contribution >= 4 is 38.7 Å². The molecule has 3 rings (SSSR count). The fourth-order valence-electron chi connectivity index (χ4n) is 2.99. The number of para-hydroxylation sites is 1. The molecule has 1 aliphatic rings. The molecular formula is C18H18ClFN2O3S. The van der Waals surface area contributed by atoms with Crippen LogP contribution in [0.15, 0.2) is 48.5 Å². The zero-order valence-corrected chi connectivity index (χ0v) is 15.4. The van der Waals surface area contributed by atoms with Gasteiger partial charge in [0.2, 0.25) is 5.91 Å². The summed E-state index contributed by atoms with van der Waals surface area (Å²) in [5.41, 5.74) is 1.16. The summed E-state index contributed by atoms with van der Waals surface area (Å²) in [5, 5.41) is 2.88. The van der Waals surface area contributed by atoms with Crippen molar-refractivity contribution in [2.24, 2.45) is 0 Å². The lowest BCUT2D eigenvalue weighted by atomic mass is 10.1. The highest BCUT2D eigenvalue weighted by Crippen LogP contribution is 2.25. The molecule has 1 N–H and O–H groups in total. The lowest BCUT2D eigenvalue weighted by Gasteiger charge is -2.28. The van der Waals surface area contributed by atoms with E-state index in [0.29, 0.717) is 17.8 Å². The van der Waals surface area contributed by atoms with Crippen molar-refractivity contribution in [3.05, 3.63) is 59.4 Å². The predicted molar refractivity (Wildman–Crippen MR) is 101 cm³/mol. The van der Waals surface area contributed by atoms with Gasteiger partial charge in [-0.3, -0.25) is 4.79 Å². The first-order chi connectivity index (χ1) is 12.4. The second-order valence-electron chi connectivity index (χ2n) is 6.14. The fourth-order valence-corrected chi connectivity index (χ4v) is 4.88. The Morgan fingerprint density at radius 1 is 1.23 bits per heavy atom. The first kappa shape index (κ1) is 18.7. The summed E-state index contributed by atoms with van der Waals surface area (Å²) in [6.45, 7) is -0.0621. The van der Waals surface area contributed by atoms with E-state index in [1.165, 1.54) is 23.1 Å². The Kier molecular flexibility index (Phi) is 5.48. The van der Waals surface area contributed by atoms with Crippen LogP contribution in [0.4, 0.5) is 15.8 Å². The molecule has 1 amide bonds. The zero-order valence-electron chi connectivity index (χ0n) is 13.9. The predicted octanol–water partition coefficient (Wildman–Crippen LogP) is 3.11. The summed E-state index contributed by atoms with van der Waals surface area (Å²) in [6, 6.07) is 12.7. The van der Waals surface area contributed by atoms with Crippen LogP contribution in [0.3, 0.4) is 0 Å². The SMILES string of the molecule is O=C(CNc1ccc(F)c(Cl)c1)N(c1ccccc1)[C@H]1CCS(=O)(=O)C1. The molecule has 0 bridgehead atoms. The molecule has 0 spiro atoms. The van der Waals surface area contributed by atoms with Gasteiger partial charge in [-0.25, -0.2) is 12.8 Å². The van der Waals surface area contributed by atoms with Crippen LogP contribution in [0.1, 0.15) is 6.42 Å². The third-order valence-electron chi connectivity index (χ3n) is 4.24. The minimum atomic E-state index is -3.13. The fraction of sp³-hybridized carbons (Fsp3) is 0.278. The summed E-state index contributed by atoms with van der Waals surface area (Å²) in [5.74, 6) is -0.768. The molecule has 0 radical (unpaired) electrons. The van der Waals surface area contributed by atoms with Crippen molar-refractivity contribution in [3.63, 3.8) is 0 Å². The molecule has 0 aliphatic carbocycles. The van der Waals surface area contributed by atoms with Gasteiger partial charge in [0, 0.05) is 11.4 Å². The molecule has 0 unspecified atom stereocenters. The van der Waals surface area contributed by atoms with Gasteiger partial charge in [-0.2, -0.15) is 0 Å². The molecular weight excluding hydrogens is 379 g/mol. The largest absolute Gasteiger partial charge is 0.376 e. The molecule has 2 aromatic rings. The average Bonchev–Trinajstić information content (AvgIpc) is 2.96. The van der Waals surface area contributed by atoms with Gasteiger partial charge in [0.1, 0.15) is 5.82 Å². The van der Waals surface area contributed by atoms with E-state index in [1.54, 1.807) is 24.3 Å². The number of amides is 1. The normalized spacial score (nSPS) is 18.5. The molecule has 0 aromatic heterocycles. The Hall–Kier alpha value is -2.12. The lowest BCUT2D eigenvalue weighted by Crippen LogP contribution is -2.44. The third-order valence-corrected chi connectivity index (χ3v) is 6.28. The highest BCUT2D eigenvalue weighted by Gasteiger charge is 2.35. The van der Waals surface area contributed by atoms with Gasteiger partial charge in [-0.15, -0.1) is 0 Å². The van der Waals surface area contributed by atoms with E-state index < -0.39 is 21.7 Å². The second kappa shape index (κ2) is 7.63. The Morgan fingerprint density at radius 3 is 2.58 bits per heavy atom. The molecule has 1 aliphatic heterocycles. The molecule has 1 saturated heterocycles. The van der Waals surface area contributed by atoms with E-state index >= 15 is 0 Å². The van der Waals surface area contributed by atoms with Gasteiger partial charge < -0.3 is 10.2 Å². The number of hydrogen-bond acceptors (Lipinski definition) is 4. The van der Waals surface area contributed by atoms with Gasteiger partial charge in [0.05, 0.1) is 29.1 Å². The maximum Gasteiger partial charge on any atom is 0.246 e. The molecule has 1 fully saturated rings. The quantitative estimate of drug-likeness (QED) is 0.843. The van der Waals surface area contributed by atoms with Gasteiger partial charge in [0.15, 0.2) is 9.84 Å². The monoisotopic (exact) mass is 396 g/mol. The summed E-state index contributed by atoms with van der Waals surface area (Å²) in [7, 11) is -3.13. The third kappa shape index (κ3) is 4.34. The van der Waals surface area contributed by atoms with Crippen LogP contribution < -0.4 is 10.2 Å². The number of carbonyl (C=O) groups excluding carboxylic acids is 1. The van der Waals surface area contributed by atoms with Crippen LogP contribution >= 0.6 is 11.6 Å². The molecule has 1 atom stereocenters. The number of benzene rings is 2. The van der Waals surface area contributed by atoms with Crippen molar-refractivity contribution in [2.45, 2.75) is 12.5 Å². The smallest absolute Gasteiger partial charge is 0.246 e. The number of anilines is 2. The van der Waals surface area contributed by atoms with Crippen molar-refractivity contribution in [1.82, 2.24) is 0 Å². The average molecular weight is 397 g/mol. The number of halogens is 2. The van der Waals surface area contributed by atoms with Gasteiger partial charge in [-0.05, 0) is 36.8 Å². The Labute approximate surface area is 156 Å². The van der Waals surface area contributed by atoms with Crippen LogP contribution in [-0.2, 0) is 14.6 Å². The van der Waals surface area contributed by atoms with Gasteiger partial charge in [0.25, 0.3) is 0 Å². The van der Waals surface area contributed by atoms with E-state index in [-0.39, 0.29) is 29.0 Å². The minimum absolute atomic E-state index is 0.0377. The molecule has 8 heteroatoms. The number of rotatable bonds is 5. The Balaban J connectivity index is 1.78.